The fraction of sp³-hybridized carbons (Fsp3) is 0.562. The molecule has 3 N–H and O–H groups in total. The van der Waals surface area contributed by atoms with E-state index in [-0.39, 0.29) is 24.7 Å². The third-order valence-corrected chi connectivity index (χ3v) is 5.76. The largest absolute Gasteiger partial charge is 0.356 e. The van der Waals surface area contributed by atoms with Crippen LogP contribution in [0.25, 0.3) is 11.0 Å². The highest BCUT2D eigenvalue weighted by molar-refractivity contribution is 7.88. The van der Waals surface area contributed by atoms with Crippen molar-refractivity contribution in [2.45, 2.75) is 49.8 Å². The Morgan fingerprint density at radius 1 is 1.17 bits per heavy atom. The molecular formula is C16H24ClN3O3S. The summed E-state index contributed by atoms with van der Waals surface area (Å²) in [5, 5.41) is 4.61. The van der Waals surface area contributed by atoms with Crippen LogP contribution in [-0.2, 0) is 15.8 Å². The van der Waals surface area contributed by atoms with Gasteiger partial charge < -0.3 is 10.3 Å². The summed E-state index contributed by atoms with van der Waals surface area (Å²) in [6.45, 7) is 0.283. The smallest absolute Gasteiger partial charge is 0.217 e. The minimum Gasteiger partial charge on any atom is -0.356 e. The molecule has 1 saturated carbocycles. The van der Waals surface area contributed by atoms with Gasteiger partial charge in [-0.05, 0) is 25.0 Å². The fourth-order valence-electron chi connectivity index (χ4n) is 3.14. The summed E-state index contributed by atoms with van der Waals surface area (Å²) in [5.41, 5.74) is 6.96. The Hall–Kier alpha value is -1.15. The van der Waals surface area contributed by atoms with E-state index in [9.17, 15) is 8.42 Å². The number of hydrogen-bond donors (Lipinski definition) is 2. The molecule has 134 valence electrons. The predicted molar refractivity (Wildman–Crippen MR) is 96.5 cm³/mol. The number of aromatic nitrogens is 1. The molecule has 0 radical (unpaired) electrons. The summed E-state index contributed by atoms with van der Waals surface area (Å²) in [4.78, 5) is 0. The second-order valence-electron chi connectivity index (χ2n) is 6.48. The lowest BCUT2D eigenvalue weighted by atomic mass is 9.92. The summed E-state index contributed by atoms with van der Waals surface area (Å²) in [5.74, 6) is -0.194. The molecule has 6 nitrogen and oxygen atoms in total. The Morgan fingerprint density at radius 3 is 2.54 bits per heavy atom. The number of rotatable bonds is 5. The molecule has 0 aliphatic heterocycles. The lowest BCUT2D eigenvalue weighted by molar-refractivity contribution is 0.369. The molecule has 0 bridgehead atoms. The van der Waals surface area contributed by atoms with E-state index in [0.717, 1.165) is 31.1 Å². The SMILES string of the molecule is Cl.NC1(CNS(=O)(=O)Cc2noc3ccccc23)CCCCCC1. The quantitative estimate of drug-likeness (QED) is 0.785. The molecule has 1 aromatic heterocycles. The highest BCUT2D eigenvalue weighted by Crippen LogP contribution is 2.25. The number of hydrogen-bond acceptors (Lipinski definition) is 5. The van der Waals surface area contributed by atoms with E-state index in [2.05, 4.69) is 9.88 Å². The molecule has 0 saturated heterocycles. The van der Waals surface area contributed by atoms with Crippen LogP contribution in [0.3, 0.4) is 0 Å². The van der Waals surface area contributed by atoms with Gasteiger partial charge in [-0.25, -0.2) is 13.1 Å². The number of benzene rings is 1. The van der Waals surface area contributed by atoms with E-state index in [1.165, 1.54) is 12.8 Å². The van der Waals surface area contributed by atoms with Gasteiger partial charge >= 0.3 is 0 Å². The zero-order valence-corrected chi connectivity index (χ0v) is 15.2. The van der Waals surface area contributed by atoms with Crippen LogP contribution >= 0.6 is 12.4 Å². The number of sulfonamides is 1. The maximum Gasteiger partial charge on any atom is 0.217 e. The van der Waals surface area contributed by atoms with E-state index < -0.39 is 15.6 Å². The predicted octanol–water partition coefficient (Wildman–Crippen LogP) is 2.72. The molecule has 1 fully saturated rings. The number of halogens is 1. The lowest BCUT2D eigenvalue weighted by Gasteiger charge is -2.28. The van der Waals surface area contributed by atoms with Crippen LogP contribution in [0.5, 0.6) is 0 Å². The minimum atomic E-state index is -3.50. The van der Waals surface area contributed by atoms with Crippen LogP contribution in [-0.4, -0.2) is 25.7 Å². The van der Waals surface area contributed by atoms with Crippen LogP contribution in [0.15, 0.2) is 28.8 Å². The third-order valence-electron chi connectivity index (χ3n) is 4.52. The molecule has 8 heteroatoms. The molecule has 2 aromatic rings. The molecular weight excluding hydrogens is 350 g/mol. The average molecular weight is 374 g/mol. The van der Waals surface area contributed by atoms with E-state index in [0.29, 0.717) is 11.3 Å². The van der Waals surface area contributed by atoms with Crippen molar-refractivity contribution in [3.63, 3.8) is 0 Å². The molecule has 1 heterocycles. The minimum absolute atomic E-state index is 0. The molecule has 1 aliphatic rings. The highest BCUT2D eigenvalue weighted by Gasteiger charge is 2.28. The summed E-state index contributed by atoms with van der Waals surface area (Å²) in [7, 11) is -3.50. The summed E-state index contributed by atoms with van der Waals surface area (Å²) >= 11 is 0. The third kappa shape index (κ3) is 4.69. The van der Waals surface area contributed by atoms with Gasteiger partial charge in [0, 0.05) is 17.5 Å². The van der Waals surface area contributed by atoms with Gasteiger partial charge in [0.05, 0.1) is 0 Å². The van der Waals surface area contributed by atoms with Gasteiger partial charge in [0.1, 0.15) is 11.4 Å². The monoisotopic (exact) mass is 373 g/mol. The molecule has 0 unspecified atom stereocenters. The van der Waals surface area contributed by atoms with Gasteiger partial charge in [-0.15, -0.1) is 12.4 Å². The summed E-state index contributed by atoms with van der Waals surface area (Å²) in [6, 6.07) is 7.25. The van der Waals surface area contributed by atoms with Crippen LogP contribution in [0, 0.1) is 0 Å². The Kier molecular flexibility index (Phi) is 6.25. The van der Waals surface area contributed by atoms with Crippen molar-refractivity contribution in [3.05, 3.63) is 30.0 Å². The number of nitrogens with two attached hydrogens (primary N) is 1. The maximum absolute atomic E-state index is 12.4. The fourth-order valence-corrected chi connectivity index (χ4v) is 4.31. The van der Waals surface area contributed by atoms with Crippen LogP contribution < -0.4 is 10.5 Å². The van der Waals surface area contributed by atoms with Gasteiger partial charge in [0.15, 0.2) is 5.58 Å². The molecule has 3 rings (SSSR count). The van der Waals surface area contributed by atoms with E-state index >= 15 is 0 Å². The Labute approximate surface area is 148 Å². The van der Waals surface area contributed by atoms with E-state index in [1.54, 1.807) is 6.07 Å². The molecule has 1 aliphatic carbocycles. The Morgan fingerprint density at radius 2 is 1.83 bits per heavy atom. The summed E-state index contributed by atoms with van der Waals surface area (Å²) in [6.07, 6.45) is 6.20. The number of para-hydroxylation sites is 1. The zero-order valence-electron chi connectivity index (χ0n) is 13.5. The van der Waals surface area contributed by atoms with Gasteiger partial charge in [-0.2, -0.15) is 0 Å². The maximum atomic E-state index is 12.4. The molecule has 24 heavy (non-hydrogen) atoms. The van der Waals surface area contributed by atoms with Crippen LogP contribution in [0.4, 0.5) is 0 Å². The number of nitrogens with zero attached hydrogens (tertiary/aromatic N) is 1. The van der Waals surface area contributed by atoms with Crippen molar-refractivity contribution in [1.29, 1.82) is 0 Å². The van der Waals surface area contributed by atoms with E-state index in [1.807, 2.05) is 18.2 Å². The van der Waals surface area contributed by atoms with Crippen molar-refractivity contribution in [1.82, 2.24) is 9.88 Å². The van der Waals surface area contributed by atoms with Crippen LogP contribution in [0.2, 0.25) is 0 Å². The standard InChI is InChI=1S/C16H23N3O3S.ClH/c17-16(9-5-1-2-6-10-16)12-18-23(20,21)11-14-13-7-3-4-8-15(13)22-19-14;/h3-4,7-8,18H,1-2,5-6,9-12,17H2;1H. The number of fused-ring (bicyclic) bond motifs is 1. The second kappa shape index (κ2) is 7.82. The van der Waals surface area contributed by atoms with Crippen molar-refractivity contribution < 1.29 is 12.9 Å². The first kappa shape index (κ1) is 19.2. The normalized spacial score (nSPS) is 18.0. The van der Waals surface area contributed by atoms with Gasteiger partial charge in [-0.3, -0.25) is 0 Å². The molecule has 1 aromatic carbocycles. The summed E-state index contributed by atoms with van der Waals surface area (Å²) < 4.78 is 32.6. The van der Waals surface area contributed by atoms with Crippen LogP contribution in [0.1, 0.15) is 44.2 Å². The molecule has 0 atom stereocenters. The first-order chi connectivity index (χ1) is 11.0. The van der Waals surface area contributed by atoms with E-state index in [4.69, 9.17) is 10.3 Å². The second-order valence-corrected chi connectivity index (χ2v) is 8.29. The average Bonchev–Trinajstić information content (AvgIpc) is 2.78. The van der Waals surface area contributed by atoms with Crippen molar-refractivity contribution >= 4 is 33.4 Å². The molecule has 0 amide bonds. The zero-order chi connectivity index (χ0) is 16.3. The van der Waals surface area contributed by atoms with Crippen molar-refractivity contribution in [2.24, 2.45) is 5.73 Å². The lowest BCUT2D eigenvalue weighted by Crippen LogP contribution is -2.49. The molecule has 0 spiro atoms. The van der Waals surface area contributed by atoms with Crippen molar-refractivity contribution in [2.75, 3.05) is 6.54 Å². The Balaban J connectivity index is 0.00000208. The first-order valence-corrected chi connectivity index (χ1v) is 9.72. The van der Waals surface area contributed by atoms with Crippen molar-refractivity contribution in [3.8, 4) is 0 Å². The van der Waals surface area contributed by atoms with Gasteiger partial charge in [0.2, 0.25) is 10.0 Å². The van der Waals surface area contributed by atoms with Gasteiger partial charge in [-0.1, -0.05) is 43.0 Å². The Bertz CT molecular complexity index is 768. The highest BCUT2D eigenvalue weighted by atomic mass is 35.5. The van der Waals surface area contributed by atoms with Gasteiger partial charge in [0.25, 0.3) is 0 Å². The number of nitrogens with one attached hydrogen (secondary N) is 1. The first-order valence-electron chi connectivity index (χ1n) is 8.07. The topological polar surface area (TPSA) is 98.2 Å².